The highest BCUT2D eigenvalue weighted by Crippen LogP contribution is 2.08. The summed E-state index contributed by atoms with van der Waals surface area (Å²) >= 11 is 0. The summed E-state index contributed by atoms with van der Waals surface area (Å²) in [6.07, 6.45) is 3.24. The van der Waals surface area contributed by atoms with Gasteiger partial charge in [-0.25, -0.2) is 0 Å². The summed E-state index contributed by atoms with van der Waals surface area (Å²) in [6, 6.07) is 0. The molecule has 1 N–H and O–H groups in total. The third-order valence-corrected chi connectivity index (χ3v) is 1.84. The van der Waals surface area contributed by atoms with Crippen LogP contribution in [-0.2, 0) is 4.79 Å². The summed E-state index contributed by atoms with van der Waals surface area (Å²) in [5.41, 5.74) is 0. The first kappa shape index (κ1) is 10.4. The Morgan fingerprint density at radius 2 is 2.36 bits per heavy atom. The number of nitrogens with one attached hydrogen (secondary N) is 1. The van der Waals surface area contributed by atoms with E-state index in [2.05, 4.69) is 11.9 Å². The minimum Gasteiger partial charge on any atom is -0.320 e. The van der Waals surface area contributed by atoms with Crippen LogP contribution in [0.25, 0.3) is 0 Å². The molecule has 0 saturated carbocycles. The summed E-state index contributed by atoms with van der Waals surface area (Å²) in [7, 11) is 1.89. The van der Waals surface area contributed by atoms with Crippen molar-refractivity contribution in [2.45, 2.75) is 19.8 Å². The Morgan fingerprint density at radius 3 is 2.73 bits per heavy atom. The Hall–Kier alpha value is -0.630. The van der Waals surface area contributed by atoms with Crippen molar-refractivity contribution >= 4 is 5.78 Å². The van der Waals surface area contributed by atoms with Crippen LogP contribution in [0.15, 0.2) is 12.7 Å². The lowest BCUT2D eigenvalue weighted by atomic mass is 9.97. The summed E-state index contributed by atoms with van der Waals surface area (Å²) in [5.74, 6) is 0.336. The summed E-state index contributed by atoms with van der Waals surface area (Å²) < 4.78 is 0. The predicted octanol–water partition coefficient (Wildman–Crippen LogP) is 1.38. The van der Waals surface area contributed by atoms with Gasteiger partial charge in [-0.3, -0.25) is 4.79 Å². The zero-order chi connectivity index (χ0) is 8.69. The zero-order valence-electron chi connectivity index (χ0n) is 7.39. The van der Waals surface area contributed by atoms with Crippen molar-refractivity contribution < 1.29 is 4.79 Å². The minimum atomic E-state index is 0.167. The van der Waals surface area contributed by atoms with Crippen molar-refractivity contribution in [2.75, 3.05) is 13.6 Å². The molecule has 0 bridgehead atoms. The molecule has 0 heterocycles. The predicted molar refractivity (Wildman–Crippen MR) is 47.5 cm³/mol. The Morgan fingerprint density at radius 1 is 1.73 bits per heavy atom. The van der Waals surface area contributed by atoms with Crippen LogP contribution in [0.2, 0.25) is 0 Å². The molecule has 0 aromatic rings. The van der Waals surface area contributed by atoms with Crippen LogP contribution in [0.3, 0.4) is 0 Å². The van der Waals surface area contributed by atoms with E-state index >= 15 is 0 Å². The van der Waals surface area contributed by atoms with Crippen molar-refractivity contribution in [1.29, 1.82) is 0 Å². The molecule has 0 radical (unpaired) electrons. The third-order valence-electron chi connectivity index (χ3n) is 1.84. The fourth-order valence-electron chi connectivity index (χ4n) is 1.03. The summed E-state index contributed by atoms with van der Waals surface area (Å²) in [6.45, 7) is 6.40. The van der Waals surface area contributed by atoms with E-state index in [-0.39, 0.29) is 11.7 Å². The average molecular weight is 155 g/mol. The molecule has 11 heavy (non-hydrogen) atoms. The lowest BCUT2D eigenvalue weighted by Gasteiger charge is -2.09. The van der Waals surface area contributed by atoms with Gasteiger partial charge in [-0.05, 0) is 32.5 Å². The van der Waals surface area contributed by atoms with Crippen LogP contribution >= 0.6 is 0 Å². The van der Waals surface area contributed by atoms with E-state index in [9.17, 15) is 4.79 Å². The molecule has 0 saturated heterocycles. The second-order valence-electron chi connectivity index (χ2n) is 2.60. The fourth-order valence-corrected chi connectivity index (χ4v) is 1.03. The SMILES string of the molecule is C=CC(=O)C(CC)CCNC. The van der Waals surface area contributed by atoms with Crippen molar-refractivity contribution in [3.63, 3.8) is 0 Å². The van der Waals surface area contributed by atoms with E-state index in [1.165, 1.54) is 6.08 Å². The molecule has 0 aliphatic carbocycles. The van der Waals surface area contributed by atoms with E-state index in [0.29, 0.717) is 0 Å². The van der Waals surface area contributed by atoms with E-state index < -0.39 is 0 Å². The molecule has 64 valence electrons. The fraction of sp³-hybridized carbons (Fsp3) is 0.667. The Kier molecular flexibility index (Phi) is 5.75. The maximum absolute atomic E-state index is 11.1. The standard InChI is InChI=1S/C9H17NO/c1-4-8(6-7-10-3)9(11)5-2/h5,8,10H,2,4,6-7H2,1,3H3. The van der Waals surface area contributed by atoms with Crippen molar-refractivity contribution in [2.24, 2.45) is 5.92 Å². The van der Waals surface area contributed by atoms with Gasteiger partial charge in [-0.1, -0.05) is 13.5 Å². The number of hydrogen-bond donors (Lipinski definition) is 1. The average Bonchev–Trinajstić information content (AvgIpc) is 2.05. The molecule has 2 nitrogen and oxygen atoms in total. The lowest BCUT2D eigenvalue weighted by molar-refractivity contribution is -0.118. The molecule has 0 amide bonds. The molecular weight excluding hydrogens is 138 g/mol. The lowest BCUT2D eigenvalue weighted by Crippen LogP contribution is -2.18. The van der Waals surface area contributed by atoms with Gasteiger partial charge in [0.15, 0.2) is 5.78 Å². The molecule has 0 aliphatic heterocycles. The first-order valence-electron chi connectivity index (χ1n) is 4.07. The highest BCUT2D eigenvalue weighted by Gasteiger charge is 2.11. The van der Waals surface area contributed by atoms with Crippen molar-refractivity contribution in [3.8, 4) is 0 Å². The maximum atomic E-state index is 11.1. The second kappa shape index (κ2) is 6.10. The Bertz CT molecular complexity index is 132. The Labute approximate surface area is 68.7 Å². The molecule has 0 aliphatic rings. The van der Waals surface area contributed by atoms with Gasteiger partial charge < -0.3 is 5.32 Å². The van der Waals surface area contributed by atoms with Gasteiger partial charge in [0.2, 0.25) is 0 Å². The maximum Gasteiger partial charge on any atom is 0.158 e. The minimum absolute atomic E-state index is 0.167. The highest BCUT2D eigenvalue weighted by atomic mass is 16.1. The van der Waals surface area contributed by atoms with E-state index in [4.69, 9.17) is 0 Å². The van der Waals surface area contributed by atoms with Crippen LogP contribution in [0, 0.1) is 5.92 Å². The van der Waals surface area contributed by atoms with Crippen LogP contribution in [0.4, 0.5) is 0 Å². The van der Waals surface area contributed by atoms with Gasteiger partial charge in [0.05, 0.1) is 0 Å². The normalized spacial score (nSPS) is 12.5. The summed E-state index contributed by atoms with van der Waals surface area (Å²) in [4.78, 5) is 11.1. The third kappa shape index (κ3) is 3.94. The first-order chi connectivity index (χ1) is 5.26. The largest absolute Gasteiger partial charge is 0.320 e. The van der Waals surface area contributed by atoms with E-state index in [1.54, 1.807) is 0 Å². The molecule has 0 rings (SSSR count). The zero-order valence-corrected chi connectivity index (χ0v) is 7.39. The number of ketones is 1. The molecule has 0 fully saturated rings. The molecular formula is C9H17NO. The Balaban J connectivity index is 3.74. The van der Waals surface area contributed by atoms with Gasteiger partial charge in [-0.2, -0.15) is 0 Å². The van der Waals surface area contributed by atoms with E-state index in [1.807, 2.05) is 14.0 Å². The smallest absolute Gasteiger partial charge is 0.158 e. The quantitative estimate of drug-likeness (QED) is 0.587. The number of carbonyl (C=O) groups is 1. The van der Waals surface area contributed by atoms with Crippen LogP contribution < -0.4 is 5.32 Å². The number of rotatable bonds is 6. The van der Waals surface area contributed by atoms with Gasteiger partial charge in [-0.15, -0.1) is 0 Å². The van der Waals surface area contributed by atoms with Gasteiger partial charge >= 0.3 is 0 Å². The van der Waals surface area contributed by atoms with Crippen molar-refractivity contribution in [3.05, 3.63) is 12.7 Å². The first-order valence-corrected chi connectivity index (χ1v) is 4.07. The number of hydrogen-bond acceptors (Lipinski definition) is 2. The number of carbonyl (C=O) groups excluding carboxylic acids is 1. The molecule has 1 unspecified atom stereocenters. The van der Waals surface area contributed by atoms with Gasteiger partial charge in [0.25, 0.3) is 0 Å². The van der Waals surface area contributed by atoms with Gasteiger partial charge in [0.1, 0.15) is 0 Å². The van der Waals surface area contributed by atoms with E-state index in [0.717, 1.165) is 19.4 Å². The topological polar surface area (TPSA) is 29.1 Å². The number of allylic oxidation sites excluding steroid dienone is 1. The second-order valence-corrected chi connectivity index (χ2v) is 2.60. The van der Waals surface area contributed by atoms with Gasteiger partial charge in [0, 0.05) is 5.92 Å². The monoisotopic (exact) mass is 155 g/mol. The summed E-state index contributed by atoms with van der Waals surface area (Å²) in [5, 5.41) is 3.02. The van der Waals surface area contributed by atoms with Crippen LogP contribution in [0.5, 0.6) is 0 Å². The van der Waals surface area contributed by atoms with Crippen LogP contribution in [0.1, 0.15) is 19.8 Å². The van der Waals surface area contributed by atoms with Crippen LogP contribution in [-0.4, -0.2) is 19.4 Å². The van der Waals surface area contributed by atoms with Crippen molar-refractivity contribution in [1.82, 2.24) is 5.32 Å². The molecule has 2 heteroatoms. The highest BCUT2D eigenvalue weighted by molar-refractivity contribution is 5.91. The molecule has 0 aromatic heterocycles. The molecule has 1 atom stereocenters. The molecule has 0 aromatic carbocycles. The molecule has 0 spiro atoms.